The van der Waals surface area contributed by atoms with Gasteiger partial charge in [0.1, 0.15) is 0 Å². The third-order valence-corrected chi connectivity index (χ3v) is 3.47. The fraction of sp³-hybridized carbons (Fsp3) is 1.00. The molecule has 0 aromatic rings. The van der Waals surface area contributed by atoms with Crippen LogP contribution in [0.1, 0.15) is 26.7 Å². The van der Waals surface area contributed by atoms with Crippen LogP contribution in [-0.2, 0) is 9.47 Å². The molecule has 0 amide bonds. The van der Waals surface area contributed by atoms with Crippen LogP contribution in [0.15, 0.2) is 0 Å². The van der Waals surface area contributed by atoms with E-state index in [1.165, 1.54) is 0 Å². The topological polar surface area (TPSA) is 41.9 Å². The van der Waals surface area contributed by atoms with Gasteiger partial charge >= 0.3 is 0 Å². The van der Waals surface area contributed by atoms with Gasteiger partial charge in [-0.1, -0.05) is 0 Å². The molecule has 1 atom stereocenters. The molecule has 0 saturated carbocycles. The van der Waals surface area contributed by atoms with E-state index in [0.29, 0.717) is 0 Å². The normalized spacial score (nSPS) is 21.0. The third kappa shape index (κ3) is 3.70. The van der Waals surface area contributed by atoms with E-state index in [1.54, 1.807) is 7.11 Å². The molecule has 1 unspecified atom stereocenters. The van der Waals surface area contributed by atoms with Crippen molar-refractivity contribution in [3.8, 4) is 0 Å². The van der Waals surface area contributed by atoms with Crippen LogP contribution < -0.4 is 0 Å². The first kappa shape index (κ1) is 13.9. The highest BCUT2D eigenvalue weighted by atomic mass is 16.5. The molecule has 1 saturated heterocycles. The van der Waals surface area contributed by atoms with Gasteiger partial charge in [0.05, 0.1) is 19.3 Å². The summed E-state index contributed by atoms with van der Waals surface area (Å²) in [7, 11) is 1.69. The number of aliphatic hydroxyl groups is 1. The number of aliphatic hydroxyl groups excluding tert-OH is 1. The number of nitrogens with zero attached hydrogens (tertiary/aromatic N) is 1. The van der Waals surface area contributed by atoms with Gasteiger partial charge in [0, 0.05) is 32.3 Å². The van der Waals surface area contributed by atoms with Crippen molar-refractivity contribution in [2.24, 2.45) is 0 Å². The van der Waals surface area contributed by atoms with E-state index in [2.05, 4.69) is 18.7 Å². The molecule has 1 rings (SSSR count). The lowest BCUT2D eigenvalue weighted by molar-refractivity contribution is -0.0652. The second kappa shape index (κ2) is 6.55. The van der Waals surface area contributed by atoms with Crippen molar-refractivity contribution in [3.05, 3.63) is 0 Å². The van der Waals surface area contributed by atoms with Crippen LogP contribution in [0.5, 0.6) is 0 Å². The van der Waals surface area contributed by atoms with Crippen LogP contribution in [0.25, 0.3) is 0 Å². The average molecular weight is 231 g/mol. The summed E-state index contributed by atoms with van der Waals surface area (Å²) in [4.78, 5) is 2.31. The number of morpholine rings is 1. The quantitative estimate of drug-likeness (QED) is 0.689. The Labute approximate surface area is 98.5 Å². The van der Waals surface area contributed by atoms with Gasteiger partial charge in [-0.2, -0.15) is 0 Å². The highest BCUT2D eigenvalue weighted by molar-refractivity contribution is 4.89. The van der Waals surface area contributed by atoms with Crippen LogP contribution >= 0.6 is 0 Å². The SMILES string of the molecule is COCCCC(O)C(C)(C)N1CCOCC1. The van der Waals surface area contributed by atoms with Crippen molar-refractivity contribution in [2.75, 3.05) is 40.0 Å². The molecule has 4 heteroatoms. The molecule has 96 valence electrons. The van der Waals surface area contributed by atoms with E-state index in [1.807, 2.05) is 0 Å². The maximum absolute atomic E-state index is 10.2. The third-order valence-electron chi connectivity index (χ3n) is 3.47. The van der Waals surface area contributed by atoms with Gasteiger partial charge in [-0.05, 0) is 26.7 Å². The highest BCUT2D eigenvalue weighted by Gasteiger charge is 2.34. The molecule has 1 aliphatic heterocycles. The van der Waals surface area contributed by atoms with E-state index >= 15 is 0 Å². The van der Waals surface area contributed by atoms with Crippen molar-refractivity contribution in [3.63, 3.8) is 0 Å². The molecule has 0 bridgehead atoms. The van der Waals surface area contributed by atoms with Gasteiger partial charge < -0.3 is 14.6 Å². The summed E-state index contributed by atoms with van der Waals surface area (Å²) >= 11 is 0. The van der Waals surface area contributed by atoms with Crippen molar-refractivity contribution in [1.29, 1.82) is 0 Å². The minimum atomic E-state index is -0.305. The monoisotopic (exact) mass is 231 g/mol. The molecule has 16 heavy (non-hydrogen) atoms. The Morgan fingerprint density at radius 3 is 2.56 bits per heavy atom. The van der Waals surface area contributed by atoms with Gasteiger partial charge in [0.2, 0.25) is 0 Å². The van der Waals surface area contributed by atoms with Crippen LogP contribution in [0.4, 0.5) is 0 Å². The minimum absolute atomic E-state index is 0.169. The minimum Gasteiger partial charge on any atom is -0.391 e. The molecular formula is C12H25NO3. The predicted molar refractivity (Wildman–Crippen MR) is 63.6 cm³/mol. The maximum atomic E-state index is 10.2. The summed E-state index contributed by atoms with van der Waals surface area (Å²) in [6, 6.07) is 0. The van der Waals surface area contributed by atoms with E-state index in [9.17, 15) is 5.11 Å². The Balaban J connectivity index is 2.40. The lowest BCUT2D eigenvalue weighted by atomic mass is 9.91. The number of rotatable bonds is 6. The van der Waals surface area contributed by atoms with Crippen LogP contribution in [0.3, 0.4) is 0 Å². The van der Waals surface area contributed by atoms with Crippen LogP contribution in [0.2, 0.25) is 0 Å². The van der Waals surface area contributed by atoms with Crippen molar-refractivity contribution in [2.45, 2.75) is 38.3 Å². The molecule has 1 aliphatic rings. The first-order valence-electron chi connectivity index (χ1n) is 6.09. The Morgan fingerprint density at radius 1 is 1.38 bits per heavy atom. The zero-order valence-corrected chi connectivity index (χ0v) is 10.7. The first-order valence-corrected chi connectivity index (χ1v) is 6.09. The van der Waals surface area contributed by atoms with Crippen molar-refractivity contribution in [1.82, 2.24) is 4.90 Å². The van der Waals surface area contributed by atoms with Gasteiger partial charge in [0.25, 0.3) is 0 Å². The summed E-state index contributed by atoms with van der Waals surface area (Å²) in [6.07, 6.45) is 1.39. The summed E-state index contributed by atoms with van der Waals surface area (Å²) in [6.45, 7) is 8.30. The van der Waals surface area contributed by atoms with Gasteiger partial charge in [-0.3, -0.25) is 4.90 Å². The van der Waals surface area contributed by atoms with E-state index < -0.39 is 0 Å². The fourth-order valence-corrected chi connectivity index (χ4v) is 2.12. The number of hydrogen-bond donors (Lipinski definition) is 1. The molecule has 0 radical (unpaired) electrons. The lowest BCUT2D eigenvalue weighted by Gasteiger charge is -2.43. The maximum Gasteiger partial charge on any atom is 0.0719 e. The molecule has 0 aromatic heterocycles. The highest BCUT2D eigenvalue weighted by Crippen LogP contribution is 2.23. The first-order chi connectivity index (χ1) is 7.59. The smallest absolute Gasteiger partial charge is 0.0719 e. The zero-order chi connectivity index (χ0) is 12.0. The van der Waals surface area contributed by atoms with Gasteiger partial charge in [0.15, 0.2) is 0 Å². The molecule has 0 aliphatic carbocycles. The Morgan fingerprint density at radius 2 is 2.00 bits per heavy atom. The lowest BCUT2D eigenvalue weighted by Crippen LogP contribution is -2.56. The fourth-order valence-electron chi connectivity index (χ4n) is 2.12. The predicted octanol–water partition coefficient (Wildman–Crippen LogP) is 0.885. The van der Waals surface area contributed by atoms with Crippen LogP contribution in [-0.4, -0.2) is 61.7 Å². The Hall–Kier alpha value is -0.160. The molecule has 1 fully saturated rings. The summed E-state index contributed by atoms with van der Waals surface area (Å²) < 4.78 is 10.3. The van der Waals surface area contributed by atoms with Crippen LogP contribution in [0, 0.1) is 0 Å². The van der Waals surface area contributed by atoms with E-state index in [4.69, 9.17) is 9.47 Å². The van der Waals surface area contributed by atoms with E-state index in [-0.39, 0.29) is 11.6 Å². The second-order valence-electron chi connectivity index (χ2n) is 4.90. The molecule has 4 nitrogen and oxygen atoms in total. The molecule has 0 spiro atoms. The number of ether oxygens (including phenoxy) is 2. The summed E-state index contributed by atoms with van der Waals surface area (Å²) in [5.41, 5.74) is -0.169. The Kier molecular flexibility index (Phi) is 5.69. The van der Waals surface area contributed by atoms with Gasteiger partial charge in [-0.25, -0.2) is 0 Å². The largest absolute Gasteiger partial charge is 0.391 e. The summed E-state index contributed by atoms with van der Waals surface area (Å²) in [5.74, 6) is 0. The number of hydrogen-bond acceptors (Lipinski definition) is 4. The standard InChI is InChI=1S/C12H25NO3/c1-12(2,11(14)5-4-8-15-3)13-6-9-16-10-7-13/h11,14H,4-10H2,1-3H3. The number of methoxy groups -OCH3 is 1. The molecule has 1 N–H and O–H groups in total. The van der Waals surface area contributed by atoms with Gasteiger partial charge in [-0.15, -0.1) is 0 Å². The van der Waals surface area contributed by atoms with E-state index in [0.717, 1.165) is 45.8 Å². The molecular weight excluding hydrogens is 206 g/mol. The second-order valence-corrected chi connectivity index (χ2v) is 4.90. The van der Waals surface area contributed by atoms with Crippen molar-refractivity contribution < 1.29 is 14.6 Å². The van der Waals surface area contributed by atoms with Crippen molar-refractivity contribution >= 4 is 0 Å². The molecule has 0 aromatic carbocycles. The average Bonchev–Trinajstić information content (AvgIpc) is 2.30. The Bertz CT molecular complexity index is 191. The molecule has 1 heterocycles. The summed E-state index contributed by atoms with van der Waals surface area (Å²) in [5, 5.41) is 10.2. The zero-order valence-electron chi connectivity index (χ0n) is 10.7.